The molecule has 1 aliphatic carbocycles. The highest BCUT2D eigenvalue weighted by atomic mass is 16.5. The zero-order valence-electron chi connectivity index (χ0n) is 7.94. The summed E-state index contributed by atoms with van der Waals surface area (Å²) in [6, 6.07) is 0. The van der Waals surface area contributed by atoms with Crippen LogP contribution < -0.4 is 5.32 Å². The van der Waals surface area contributed by atoms with Crippen LogP contribution in [-0.2, 0) is 4.74 Å². The van der Waals surface area contributed by atoms with E-state index in [1.54, 1.807) is 7.11 Å². The molecule has 2 aliphatic rings. The Morgan fingerprint density at radius 2 is 2.33 bits per heavy atom. The van der Waals surface area contributed by atoms with Crippen molar-refractivity contribution in [1.82, 2.24) is 5.32 Å². The van der Waals surface area contributed by atoms with E-state index < -0.39 is 0 Å². The summed E-state index contributed by atoms with van der Waals surface area (Å²) >= 11 is 0. The molecule has 12 heavy (non-hydrogen) atoms. The van der Waals surface area contributed by atoms with Crippen LogP contribution in [0.4, 0.5) is 0 Å². The van der Waals surface area contributed by atoms with Crippen LogP contribution in [0.1, 0.15) is 25.7 Å². The third kappa shape index (κ3) is 1.27. The predicted octanol–water partition coefficient (Wildman–Crippen LogP) is 1.41. The van der Waals surface area contributed by atoms with Gasteiger partial charge in [0.05, 0.1) is 0 Å². The second-order valence-electron chi connectivity index (χ2n) is 4.33. The first-order chi connectivity index (χ1) is 5.87. The maximum Gasteiger partial charge on any atom is 0.0465 e. The minimum Gasteiger partial charge on any atom is -0.385 e. The fourth-order valence-electron chi connectivity index (χ4n) is 2.74. The fraction of sp³-hybridized carbons (Fsp3) is 1.00. The van der Waals surface area contributed by atoms with Gasteiger partial charge in [-0.1, -0.05) is 6.42 Å². The van der Waals surface area contributed by atoms with Gasteiger partial charge in [-0.3, -0.25) is 0 Å². The van der Waals surface area contributed by atoms with Gasteiger partial charge in [0, 0.05) is 20.3 Å². The van der Waals surface area contributed by atoms with E-state index in [-0.39, 0.29) is 0 Å². The SMILES string of the molecule is COCCC1CNCC12CCC2. The summed E-state index contributed by atoms with van der Waals surface area (Å²) in [6.07, 6.45) is 5.61. The molecule has 2 fully saturated rings. The van der Waals surface area contributed by atoms with E-state index in [0.717, 1.165) is 12.5 Å². The molecule has 2 heteroatoms. The highest BCUT2D eigenvalue weighted by Gasteiger charge is 2.46. The van der Waals surface area contributed by atoms with Gasteiger partial charge in [0.1, 0.15) is 0 Å². The molecule has 2 nitrogen and oxygen atoms in total. The lowest BCUT2D eigenvalue weighted by Gasteiger charge is -2.42. The monoisotopic (exact) mass is 169 g/mol. The average molecular weight is 169 g/mol. The van der Waals surface area contributed by atoms with E-state index >= 15 is 0 Å². The van der Waals surface area contributed by atoms with Crippen LogP contribution in [-0.4, -0.2) is 26.8 Å². The molecule has 2 rings (SSSR count). The summed E-state index contributed by atoms with van der Waals surface area (Å²) in [5, 5.41) is 3.52. The Bertz CT molecular complexity index is 154. The van der Waals surface area contributed by atoms with E-state index in [1.165, 1.54) is 38.8 Å². The van der Waals surface area contributed by atoms with E-state index in [9.17, 15) is 0 Å². The van der Waals surface area contributed by atoms with E-state index in [0.29, 0.717) is 5.41 Å². The fourth-order valence-corrected chi connectivity index (χ4v) is 2.74. The van der Waals surface area contributed by atoms with Crippen molar-refractivity contribution in [2.24, 2.45) is 11.3 Å². The first-order valence-electron chi connectivity index (χ1n) is 5.07. The molecular weight excluding hydrogens is 150 g/mol. The summed E-state index contributed by atoms with van der Waals surface area (Å²) in [5.41, 5.74) is 0.693. The van der Waals surface area contributed by atoms with Crippen LogP contribution in [0, 0.1) is 11.3 Å². The molecule has 1 aliphatic heterocycles. The number of hydrogen-bond acceptors (Lipinski definition) is 2. The van der Waals surface area contributed by atoms with Gasteiger partial charge in [-0.05, 0) is 37.1 Å². The Hall–Kier alpha value is -0.0800. The smallest absolute Gasteiger partial charge is 0.0465 e. The summed E-state index contributed by atoms with van der Waals surface area (Å²) in [5.74, 6) is 0.895. The Morgan fingerprint density at radius 1 is 1.50 bits per heavy atom. The molecule has 0 aromatic carbocycles. The van der Waals surface area contributed by atoms with Crippen LogP contribution in [0.3, 0.4) is 0 Å². The Kier molecular flexibility index (Phi) is 2.37. The van der Waals surface area contributed by atoms with Crippen molar-refractivity contribution in [2.45, 2.75) is 25.7 Å². The topological polar surface area (TPSA) is 21.3 Å². The quantitative estimate of drug-likeness (QED) is 0.689. The first kappa shape index (κ1) is 8.52. The molecule has 1 atom stereocenters. The van der Waals surface area contributed by atoms with Crippen molar-refractivity contribution >= 4 is 0 Å². The van der Waals surface area contributed by atoms with Crippen LogP contribution >= 0.6 is 0 Å². The van der Waals surface area contributed by atoms with Crippen molar-refractivity contribution in [2.75, 3.05) is 26.8 Å². The van der Waals surface area contributed by atoms with Crippen molar-refractivity contribution in [3.8, 4) is 0 Å². The van der Waals surface area contributed by atoms with Gasteiger partial charge < -0.3 is 10.1 Å². The minimum atomic E-state index is 0.693. The van der Waals surface area contributed by atoms with Crippen LogP contribution in [0.15, 0.2) is 0 Å². The first-order valence-corrected chi connectivity index (χ1v) is 5.07. The number of nitrogens with one attached hydrogen (secondary N) is 1. The molecule has 1 saturated carbocycles. The van der Waals surface area contributed by atoms with Crippen molar-refractivity contribution in [3.63, 3.8) is 0 Å². The maximum atomic E-state index is 5.14. The second kappa shape index (κ2) is 3.35. The molecule has 1 heterocycles. The molecule has 1 N–H and O–H groups in total. The molecule has 1 saturated heterocycles. The van der Waals surface area contributed by atoms with E-state index in [4.69, 9.17) is 4.74 Å². The molecule has 0 aromatic rings. The molecule has 0 amide bonds. The Labute approximate surface area is 74.7 Å². The summed E-state index contributed by atoms with van der Waals surface area (Å²) in [4.78, 5) is 0. The highest BCUT2D eigenvalue weighted by Crippen LogP contribution is 2.50. The molecule has 0 radical (unpaired) electrons. The summed E-state index contributed by atoms with van der Waals surface area (Å²) in [7, 11) is 1.80. The van der Waals surface area contributed by atoms with Crippen LogP contribution in [0.5, 0.6) is 0 Å². The average Bonchev–Trinajstić information content (AvgIpc) is 2.42. The molecule has 1 unspecified atom stereocenters. The Balaban J connectivity index is 1.86. The van der Waals surface area contributed by atoms with Gasteiger partial charge in [-0.2, -0.15) is 0 Å². The van der Waals surface area contributed by atoms with Gasteiger partial charge in [0.25, 0.3) is 0 Å². The lowest BCUT2D eigenvalue weighted by atomic mass is 9.62. The number of rotatable bonds is 3. The zero-order valence-corrected chi connectivity index (χ0v) is 7.94. The molecule has 1 spiro atoms. The van der Waals surface area contributed by atoms with Gasteiger partial charge in [-0.15, -0.1) is 0 Å². The van der Waals surface area contributed by atoms with Gasteiger partial charge in [0.15, 0.2) is 0 Å². The standard InChI is InChI=1S/C10H19NO/c1-12-6-3-9-7-11-8-10(9)4-2-5-10/h9,11H,2-8H2,1H3. The van der Waals surface area contributed by atoms with Crippen LogP contribution in [0.2, 0.25) is 0 Å². The zero-order chi connectivity index (χ0) is 8.44. The number of hydrogen-bond donors (Lipinski definition) is 1. The maximum absolute atomic E-state index is 5.14. The number of ether oxygens (including phenoxy) is 1. The normalized spacial score (nSPS) is 32.2. The predicted molar refractivity (Wildman–Crippen MR) is 49.1 cm³/mol. The highest BCUT2D eigenvalue weighted by molar-refractivity contribution is 4.99. The van der Waals surface area contributed by atoms with Crippen molar-refractivity contribution < 1.29 is 4.74 Å². The number of methoxy groups -OCH3 is 1. The largest absolute Gasteiger partial charge is 0.385 e. The summed E-state index contributed by atoms with van der Waals surface area (Å²) in [6.45, 7) is 3.43. The van der Waals surface area contributed by atoms with Gasteiger partial charge >= 0.3 is 0 Å². The Morgan fingerprint density at radius 3 is 2.92 bits per heavy atom. The lowest BCUT2D eigenvalue weighted by Crippen LogP contribution is -2.37. The molecule has 0 bridgehead atoms. The van der Waals surface area contributed by atoms with Crippen LogP contribution in [0.25, 0.3) is 0 Å². The van der Waals surface area contributed by atoms with E-state index in [1.807, 2.05) is 0 Å². The summed E-state index contributed by atoms with van der Waals surface area (Å²) < 4.78 is 5.14. The molecule has 0 aromatic heterocycles. The van der Waals surface area contributed by atoms with Gasteiger partial charge in [0.2, 0.25) is 0 Å². The van der Waals surface area contributed by atoms with Gasteiger partial charge in [-0.25, -0.2) is 0 Å². The van der Waals surface area contributed by atoms with Crippen molar-refractivity contribution in [3.05, 3.63) is 0 Å². The third-order valence-electron chi connectivity index (χ3n) is 3.75. The lowest BCUT2D eigenvalue weighted by molar-refractivity contribution is 0.0704. The second-order valence-corrected chi connectivity index (χ2v) is 4.33. The molecular formula is C10H19NO. The van der Waals surface area contributed by atoms with Crippen molar-refractivity contribution in [1.29, 1.82) is 0 Å². The molecule has 70 valence electrons. The third-order valence-corrected chi connectivity index (χ3v) is 3.75. The minimum absolute atomic E-state index is 0.693. The van der Waals surface area contributed by atoms with E-state index in [2.05, 4.69) is 5.32 Å².